The van der Waals surface area contributed by atoms with E-state index in [-0.39, 0.29) is 0 Å². The molecule has 1 aliphatic heterocycles. The molecule has 0 spiro atoms. The smallest absolute Gasteiger partial charge is 0.214 e. The number of nitrogens with zero attached hydrogens (tertiary/aromatic N) is 2. The lowest BCUT2D eigenvalue weighted by atomic mass is 9.93. The topological polar surface area (TPSA) is 44.8 Å². The SMILES string of the molecule is CC.CC(Cc1ccccc1N(C=O)CCNCCN1CCOCC1)c1ccc(Cl)cc1. The van der Waals surface area contributed by atoms with Gasteiger partial charge in [-0.3, -0.25) is 9.69 Å². The molecule has 1 heterocycles. The molecule has 6 heteroatoms. The first-order chi connectivity index (χ1) is 15.7. The number of amides is 1. The van der Waals surface area contributed by atoms with Gasteiger partial charge in [-0.2, -0.15) is 0 Å². The van der Waals surface area contributed by atoms with Crippen LogP contribution in [0, 0.1) is 0 Å². The Morgan fingerprint density at radius 3 is 2.47 bits per heavy atom. The van der Waals surface area contributed by atoms with Crippen LogP contribution in [0.3, 0.4) is 0 Å². The number of carbonyl (C=O) groups is 1. The van der Waals surface area contributed by atoms with Gasteiger partial charge in [0, 0.05) is 50.0 Å². The zero-order valence-corrected chi connectivity index (χ0v) is 20.5. The van der Waals surface area contributed by atoms with Crippen LogP contribution in [0.5, 0.6) is 0 Å². The van der Waals surface area contributed by atoms with Crippen molar-refractivity contribution < 1.29 is 9.53 Å². The van der Waals surface area contributed by atoms with Gasteiger partial charge in [-0.1, -0.05) is 62.7 Å². The number of nitrogens with one attached hydrogen (secondary N) is 1. The number of halogens is 1. The van der Waals surface area contributed by atoms with Crippen molar-refractivity contribution in [1.82, 2.24) is 10.2 Å². The summed E-state index contributed by atoms with van der Waals surface area (Å²) in [5.41, 5.74) is 3.42. The van der Waals surface area contributed by atoms with Gasteiger partial charge in [0.1, 0.15) is 0 Å². The summed E-state index contributed by atoms with van der Waals surface area (Å²) < 4.78 is 5.38. The molecule has 5 nitrogen and oxygen atoms in total. The van der Waals surface area contributed by atoms with E-state index in [1.165, 1.54) is 11.1 Å². The molecule has 1 N–H and O–H groups in total. The van der Waals surface area contributed by atoms with E-state index in [4.69, 9.17) is 16.3 Å². The number of para-hydroxylation sites is 1. The molecule has 0 aromatic heterocycles. The standard InChI is InChI=1S/C24H32ClN3O2.C2H6/c1-20(21-6-8-23(25)9-7-21)18-22-4-2-3-5-24(22)28(19-29)13-11-26-10-12-27-14-16-30-17-15-27;1-2/h2-9,19-20,26H,10-18H2,1H3;1-2H3. The number of hydrogen-bond acceptors (Lipinski definition) is 4. The highest BCUT2D eigenvalue weighted by atomic mass is 35.5. The van der Waals surface area contributed by atoms with Gasteiger partial charge >= 0.3 is 0 Å². The van der Waals surface area contributed by atoms with Gasteiger partial charge in [0.25, 0.3) is 0 Å². The van der Waals surface area contributed by atoms with Crippen LogP contribution in [0.25, 0.3) is 0 Å². The number of anilines is 1. The van der Waals surface area contributed by atoms with E-state index < -0.39 is 0 Å². The minimum Gasteiger partial charge on any atom is -0.379 e. The number of benzene rings is 2. The number of hydrogen-bond donors (Lipinski definition) is 1. The summed E-state index contributed by atoms with van der Waals surface area (Å²) in [7, 11) is 0. The van der Waals surface area contributed by atoms with Gasteiger partial charge in [-0.05, 0) is 41.7 Å². The summed E-state index contributed by atoms with van der Waals surface area (Å²) in [6.07, 6.45) is 1.81. The maximum atomic E-state index is 11.8. The zero-order chi connectivity index (χ0) is 23.2. The highest BCUT2D eigenvalue weighted by molar-refractivity contribution is 6.30. The lowest BCUT2D eigenvalue weighted by Gasteiger charge is -2.27. The van der Waals surface area contributed by atoms with Gasteiger partial charge < -0.3 is 15.0 Å². The third-order valence-electron chi connectivity index (χ3n) is 5.63. The first kappa shape index (κ1) is 26.3. The first-order valence-electron chi connectivity index (χ1n) is 11.7. The van der Waals surface area contributed by atoms with Crippen LogP contribution in [0.1, 0.15) is 37.8 Å². The molecular weight excluding hydrogens is 422 g/mol. The molecule has 0 bridgehead atoms. The van der Waals surface area contributed by atoms with E-state index in [9.17, 15) is 4.79 Å². The average molecular weight is 460 g/mol. The molecule has 1 aliphatic rings. The van der Waals surface area contributed by atoms with Crippen LogP contribution in [0.15, 0.2) is 48.5 Å². The monoisotopic (exact) mass is 459 g/mol. The van der Waals surface area contributed by atoms with Gasteiger partial charge in [0.05, 0.1) is 13.2 Å². The summed E-state index contributed by atoms with van der Waals surface area (Å²) in [5, 5.41) is 4.21. The van der Waals surface area contributed by atoms with Crippen molar-refractivity contribution in [3.8, 4) is 0 Å². The first-order valence-corrected chi connectivity index (χ1v) is 12.1. The Morgan fingerprint density at radius 2 is 1.78 bits per heavy atom. The second kappa shape index (κ2) is 15.0. The Kier molecular flexibility index (Phi) is 12.4. The Morgan fingerprint density at radius 1 is 1.09 bits per heavy atom. The van der Waals surface area contributed by atoms with Crippen LogP contribution in [0.4, 0.5) is 5.69 Å². The number of morpholine rings is 1. The Labute approximate surface area is 198 Å². The van der Waals surface area contributed by atoms with Gasteiger partial charge in [-0.25, -0.2) is 0 Å². The van der Waals surface area contributed by atoms with E-state index in [1.54, 1.807) is 0 Å². The van der Waals surface area contributed by atoms with E-state index >= 15 is 0 Å². The molecule has 3 rings (SSSR count). The lowest BCUT2D eigenvalue weighted by molar-refractivity contribution is -0.107. The summed E-state index contributed by atoms with van der Waals surface area (Å²) in [4.78, 5) is 16.0. The molecule has 1 unspecified atom stereocenters. The third kappa shape index (κ3) is 8.55. The van der Waals surface area contributed by atoms with Crippen LogP contribution in [-0.4, -0.2) is 63.8 Å². The molecule has 176 valence electrons. The molecule has 0 radical (unpaired) electrons. The second-order valence-corrected chi connectivity index (χ2v) is 8.22. The molecular formula is C26H38ClN3O2. The fourth-order valence-corrected chi connectivity index (χ4v) is 3.95. The third-order valence-corrected chi connectivity index (χ3v) is 5.88. The van der Waals surface area contributed by atoms with E-state index in [0.717, 1.165) is 69.5 Å². The van der Waals surface area contributed by atoms with E-state index in [2.05, 4.69) is 35.3 Å². The number of carbonyl (C=O) groups excluding carboxylic acids is 1. The fourth-order valence-electron chi connectivity index (χ4n) is 3.82. The predicted octanol–water partition coefficient (Wildman–Crippen LogP) is 4.60. The summed E-state index contributed by atoms with van der Waals surface area (Å²) in [6.45, 7) is 13.2. The quantitative estimate of drug-likeness (QED) is 0.394. The number of rotatable bonds is 11. The Bertz CT molecular complexity index is 779. The summed E-state index contributed by atoms with van der Waals surface area (Å²) >= 11 is 6.02. The van der Waals surface area contributed by atoms with E-state index in [0.29, 0.717) is 12.5 Å². The van der Waals surface area contributed by atoms with Crippen molar-refractivity contribution in [3.63, 3.8) is 0 Å². The molecule has 0 saturated carbocycles. The number of ether oxygens (including phenoxy) is 1. The maximum absolute atomic E-state index is 11.8. The molecule has 2 aromatic carbocycles. The summed E-state index contributed by atoms with van der Waals surface area (Å²) in [5.74, 6) is 0.337. The van der Waals surface area contributed by atoms with Gasteiger partial charge in [0.2, 0.25) is 6.41 Å². The lowest BCUT2D eigenvalue weighted by Crippen LogP contribution is -2.41. The summed E-state index contributed by atoms with van der Waals surface area (Å²) in [6, 6.07) is 16.2. The van der Waals surface area contributed by atoms with E-state index in [1.807, 2.05) is 49.1 Å². The molecule has 1 amide bonds. The van der Waals surface area contributed by atoms with Crippen molar-refractivity contribution >= 4 is 23.7 Å². The second-order valence-electron chi connectivity index (χ2n) is 7.79. The minimum absolute atomic E-state index is 0.337. The minimum atomic E-state index is 0.337. The molecule has 1 atom stereocenters. The van der Waals surface area contributed by atoms with Crippen LogP contribution in [0.2, 0.25) is 5.02 Å². The van der Waals surface area contributed by atoms with Crippen LogP contribution in [-0.2, 0) is 16.0 Å². The maximum Gasteiger partial charge on any atom is 0.214 e. The van der Waals surface area contributed by atoms with Crippen molar-refractivity contribution in [2.24, 2.45) is 0 Å². The largest absolute Gasteiger partial charge is 0.379 e. The zero-order valence-electron chi connectivity index (χ0n) is 19.7. The van der Waals surface area contributed by atoms with Gasteiger partial charge in [0.15, 0.2) is 0 Å². The molecule has 2 aromatic rings. The highest BCUT2D eigenvalue weighted by Gasteiger charge is 2.14. The fraction of sp³-hybridized carbons (Fsp3) is 0.500. The normalized spacial score (nSPS) is 14.9. The predicted molar refractivity (Wildman–Crippen MR) is 135 cm³/mol. The van der Waals surface area contributed by atoms with Crippen molar-refractivity contribution in [2.45, 2.75) is 33.1 Å². The van der Waals surface area contributed by atoms with Crippen molar-refractivity contribution in [1.29, 1.82) is 0 Å². The highest BCUT2D eigenvalue weighted by Crippen LogP contribution is 2.27. The molecule has 0 aliphatic carbocycles. The van der Waals surface area contributed by atoms with Crippen molar-refractivity contribution in [3.05, 3.63) is 64.7 Å². The van der Waals surface area contributed by atoms with Crippen LogP contribution >= 0.6 is 11.6 Å². The van der Waals surface area contributed by atoms with Crippen LogP contribution < -0.4 is 10.2 Å². The Hall–Kier alpha value is -1.92. The van der Waals surface area contributed by atoms with Gasteiger partial charge in [-0.15, -0.1) is 0 Å². The van der Waals surface area contributed by atoms with Crippen molar-refractivity contribution in [2.75, 3.05) is 57.4 Å². The molecule has 1 saturated heterocycles. The Balaban J connectivity index is 0.00000176. The molecule has 1 fully saturated rings. The molecule has 32 heavy (non-hydrogen) atoms. The average Bonchev–Trinajstić information content (AvgIpc) is 2.84.